The second-order valence-corrected chi connectivity index (χ2v) is 10.9. The van der Waals surface area contributed by atoms with Crippen LogP contribution in [-0.4, -0.2) is 42.8 Å². The van der Waals surface area contributed by atoms with Crippen molar-refractivity contribution in [3.8, 4) is 5.75 Å². The first-order valence-corrected chi connectivity index (χ1v) is 13.5. The number of alkyl halides is 7. The molecule has 0 heterocycles. The molecule has 2 aromatic carbocycles. The molecule has 1 fully saturated rings. The van der Waals surface area contributed by atoms with Crippen LogP contribution in [0.1, 0.15) is 44.2 Å². The number of nitrogens with one attached hydrogen (secondary N) is 2. The monoisotopic (exact) mass is 618 g/mol. The lowest BCUT2D eigenvalue weighted by Crippen LogP contribution is -2.58. The summed E-state index contributed by atoms with van der Waals surface area (Å²) in [5, 5.41) is 5.13. The highest BCUT2D eigenvalue weighted by Crippen LogP contribution is 2.43. The SMILES string of the molecule is CC(C)Oc1cc([C@@](Cc2ccccc2)(NC(=O)NC2CC(F)(F)C2)C2=CC(OC(F)(F)C(F)F)=CC(F)C2)ccc1F. The van der Waals surface area contributed by atoms with Crippen molar-refractivity contribution >= 4 is 6.03 Å². The molecule has 234 valence electrons. The molecule has 0 radical (unpaired) electrons. The first kappa shape index (κ1) is 32.2. The molecule has 0 spiro atoms. The molecule has 0 bridgehead atoms. The van der Waals surface area contributed by atoms with Crippen LogP contribution < -0.4 is 15.4 Å². The number of carbonyl (C=O) groups is 1. The summed E-state index contributed by atoms with van der Waals surface area (Å²) in [6.07, 6.45) is -12.1. The zero-order valence-corrected chi connectivity index (χ0v) is 23.2. The molecule has 5 nitrogen and oxygen atoms in total. The van der Waals surface area contributed by atoms with Gasteiger partial charge >= 0.3 is 18.6 Å². The molecule has 43 heavy (non-hydrogen) atoms. The van der Waals surface area contributed by atoms with Crippen LogP contribution in [0.25, 0.3) is 0 Å². The van der Waals surface area contributed by atoms with Gasteiger partial charge in [-0.05, 0) is 54.8 Å². The Morgan fingerprint density at radius 2 is 1.77 bits per heavy atom. The zero-order chi connectivity index (χ0) is 31.6. The summed E-state index contributed by atoms with van der Waals surface area (Å²) >= 11 is 0. The van der Waals surface area contributed by atoms with E-state index in [-0.39, 0.29) is 23.3 Å². The summed E-state index contributed by atoms with van der Waals surface area (Å²) in [6, 6.07) is 10.0. The summed E-state index contributed by atoms with van der Waals surface area (Å²) in [5.41, 5.74) is -1.29. The smallest absolute Gasteiger partial charge is 0.461 e. The van der Waals surface area contributed by atoms with Gasteiger partial charge in [0.05, 0.1) is 11.6 Å². The van der Waals surface area contributed by atoms with Gasteiger partial charge in [0.25, 0.3) is 5.92 Å². The average molecular weight is 619 g/mol. The van der Waals surface area contributed by atoms with Gasteiger partial charge in [0, 0.05) is 31.7 Å². The fraction of sp³-hybridized carbons (Fsp3) is 0.433. The van der Waals surface area contributed by atoms with E-state index < -0.39 is 79.2 Å². The quantitative estimate of drug-likeness (QED) is 0.256. The van der Waals surface area contributed by atoms with E-state index in [1.165, 1.54) is 12.1 Å². The Hall–Kier alpha value is -3.77. The number of rotatable bonds is 11. The Morgan fingerprint density at radius 3 is 2.37 bits per heavy atom. The average Bonchev–Trinajstić information content (AvgIpc) is 2.88. The number of hydrogen-bond donors (Lipinski definition) is 2. The van der Waals surface area contributed by atoms with Crippen LogP contribution in [-0.2, 0) is 16.7 Å². The number of allylic oxidation sites excluding steroid dienone is 2. The highest BCUT2D eigenvalue weighted by Gasteiger charge is 2.48. The van der Waals surface area contributed by atoms with Gasteiger partial charge in [-0.15, -0.1) is 0 Å². The van der Waals surface area contributed by atoms with Gasteiger partial charge in [-0.1, -0.05) is 36.4 Å². The molecule has 0 aliphatic heterocycles. The number of hydrogen-bond acceptors (Lipinski definition) is 3. The van der Waals surface area contributed by atoms with Gasteiger partial charge in [0.15, 0.2) is 11.6 Å². The van der Waals surface area contributed by atoms with Gasteiger partial charge in [0.1, 0.15) is 11.9 Å². The number of carbonyl (C=O) groups excluding carboxylic acids is 1. The normalized spacial score (nSPS) is 20.0. The topological polar surface area (TPSA) is 59.6 Å². The number of benzene rings is 2. The minimum atomic E-state index is -4.96. The highest BCUT2D eigenvalue weighted by molar-refractivity contribution is 5.77. The third-order valence-electron chi connectivity index (χ3n) is 6.98. The first-order chi connectivity index (χ1) is 20.1. The Kier molecular flexibility index (Phi) is 9.31. The fourth-order valence-corrected chi connectivity index (χ4v) is 5.08. The number of halogens is 8. The Bertz CT molecular complexity index is 1360. The van der Waals surface area contributed by atoms with Crippen LogP contribution in [0.4, 0.5) is 39.9 Å². The van der Waals surface area contributed by atoms with E-state index in [1.54, 1.807) is 44.2 Å². The van der Waals surface area contributed by atoms with Gasteiger partial charge in [0.2, 0.25) is 0 Å². The summed E-state index contributed by atoms with van der Waals surface area (Å²) in [7, 11) is 0. The van der Waals surface area contributed by atoms with E-state index in [0.717, 1.165) is 12.1 Å². The molecule has 2 aromatic rings. The van der Waals surface area contributed by atoms with Crippen molar-refractivity contribution in [2.24, 2.45) is 0 Å². The standard InChI is InChI=1S/C30H30F8N2O3/c1-17(2)42-25-12-19(8-9-24(25)32)29(14-18-6-4-3-5-7-18,40-27(41)39-22-15-28(35,36)16-22)20-10-21(31)13-23(11-20)43-30(37,38)26(33)34/h3-9,11-13,17,21-22,26H,10,14-16H2,1-2H3,(H2,39,40,41)/t21?,29-/m1/s1. The summed E-state index contributed by atoms with van der Waals surface area (Å²) < 4.78 is 120. The minimum absolute atomic E-state index is 0.0948. The van der Waals surface area contributed by atoms with Gasteiger partial charge < -0.3 is 20.1 Å². The molecule has 0 aromatic heterocycles. The molecule has 1 unspecified atom stereocenters. The maximum Gasteiger partial charge on any atom is 0.461 e. The van der Waals surface area contributed by atoms with E-state index >= 15 is 4.39 Å². The molecule has 4 rings (SSSR count). The predicted molar refractivity (Wildman–Crippen MR) is 141 cm³/mol. The highest BCUT2D eigenvalue weighted by atomic mass is 19.3. The largest absolute Gasteiger partial charge is 0.488 e. The molecular weight excluding hydrogens is 588 g/mol. The van der Waals surface area contributed by atoms with Crippen LogP contribution in [0, 0.1) is 5.82 Å². The number of amides is 2. The van der Waals surface area contributed by atoms with E-state index in [4.69, 9.17) is 4.74 Å². The molecule has 2 atom stereocenters. The van der Waals surface area contributed by atoms with Crippen LogP contribution in [0.5, 0.6) is 5.75 Å². The second kappa shape index (κ2) is 12.5. The third-order valence-corrected chi connectivity index (χ3v) is 6.98. The molecule has 2 aliphatic rings. The lowest BCUT2D eigenvalue weighted by Gasteiger charge is -2.41. The molecule has 0 saturated heterocycles. The van der Waals surface area contributed by atoms with Crippen molar-refractivity contribution in [1.29, 1.82) is 0 Å². The van der Waals surface area contributed by atoms with Crippen LogP contribution >= 0.6 is 0 Å². The Balaban J connectivity index is 1.87. The molecular formula is C30H30F8N2O3. The van der Waals surface area contributed by atoms with Crippen molar-refractivity contribution in [1.82, 2.24) is 10.6 Å². The van der Waals surface area contributed by atoms with Crippen LogP contribution in [0.2, 0.25) is 0 Å². The van der Waals surface area contributed by atoms with Crippen molar-refractivity contribution in [3.63, 3.8) is 0 Å². The Morgan fingerprint density at radius 1 is 1.09 bits per heavy atom. The van der Waals surface area contributed by atoms with Gasteiger partial charge in [-0.3, -0.25) is 0 Å². The van der Waals surface area contributed by atoms with Crippen molar-refractivity contribution in [3.05, 3.63) is 89.0 Å². The summed E-state index contributed by atoms with van der Waals surface area (Å²) in [5.74, 6) is -4.89. The molecule has 1 saturated carbocycles. The zero-order valence-electron chi connectivity index (χ0n) is 23.2. The maximum absolute atomic E-state index is 15.1. The predicted octanol–water partition coefficient (Wildman–Crippen LogP) is 7.57. The number of ether oxygens (including phenoxy) is 2. The van der Waals surface area contributed by atoms with Crippen molar-refractivity contribution in [2.45, 2.75) is 81.8 Å². The van der Waals surface area contributed by atoms with E-state index in [0.29, 0.717) is 11.6 Å². The van der Waals surface area contributed by atoms with Crippen LogP contribution in [0.15, 0.2) is 72.0 Å². The second-order valence-electron chi connectivity index (χ2n) is 10.9. The first-order valence-electron chi connectivity index (χ1n) is 13.5. The fourth-order valence-electron chi connectivity index (χ4n) is 5.08. The lowest BCUT2D eigenvalue weighted by atomic mass is 9.74. The van der Waals surface area contributed by atoms with Crippen molar-refractivity contribution in [2.75, 3.05) is 0 Å². The Labute approximate surface area is 242 Å². The lowest BCUT2D eigenvalue weighted by molar-refractivity contribution is -0.280. The molecule has 2 N–H and O–H groups in total. The maximum atomic E-state index is 15.1. The molecule has 13 heteroatoms. The molecule has 2 amide bonds. The minimum Gasteiger partial charge on any atom is -0.488 e. The van der Waals surface area contributed by atoms with E-state index in [2.05, 4.69) is 15.4 Å². The van der Waals surface area contributed by atoms with Crippen molar-refractivity contribution < 1.29 is 49.4 Å². The number of urea groups is 1. The van der Waals surface area contributed by atoms with Gasteiger partial charge in [-0.2, -0.15) is 17.6 Å². The third kappa shape index (κ3) is 7.80. The van der Waals surface area contributed by atoms with E-state index in [1.807, 2.05) is 0 Å². The van der Waals surface area contributed by atoms with Crippen LogP contribution in [0.3, 0.4) is 0 Å². The summed E-state index contributed by atoms with van der Waals surface area (Å²) in [6.45, 7) is 3.27. The van der Waals surface area contributed by atoms with Gasteiger partial charge in [-0.25, -0.2) is 22.4 Å². The molecule has 2 aliphatic carbocycles. The van der Waals surface area contributed by atoms with E-state index in [9.17, 15) is 35.5 Å². The summed E-state index contributed by atoms with van der Waals surface area (Å²) in [4.78, 5) is 13.3.